The van der Waals surface area contributed by atoms with Crippen LogP contribution < -0.4 is 0 Å². The highest BCUT2D eigenvalue weighted by Gasteiger charge is 0.0752. The topological polar surface area (TPSA) is 0 Å². The summed E-state index contributed by atoms with van der Waals surface area (Å²) >= 11 is 0. The molecule has 0 saturated carbocycles. The predicted octanol–water partition coefficient (Wildman–Crippen LogP) is -24.0. The van der Waals surface area contributed by atoms with Crippen molar-refractivity contribution in [1.29, 1.82) is 50.8 Å². The molecule has 0 bridgehead atoms. The summed E-state index contributed by atoms with van der Waals surface area (Å²) in [5.41, 5.74) is 0. The predicted molar refractivity (Wildman–Crippen MR) is 278 cm³/mol. The first-order chi connectivity index (χ1) is 38.0. The first kappa shape index (κ1) is 41.5. The Hall–Kier alpha value is 2.47. The van der Waals surface area contributed by atoms with Gasteiger partial charge < -0.3 is 0 Å². The third-order valence-corrected chi connectivity index (χ3v) is 0. The fourth-order valence-electron chi connectivity index (χ4n) is 0. The van der Waals surface area contributed by atoms with Gasteiger partial charge in [0.05, 0.1) is 0 Å². The number of hydrogen-bond donors (Lipinski definition) is 0. The zero-order chi connectivity index (χ0) is 76.0. The van der Waals surface area contributed by atoms with E-state index in [-0.39, 0.29) is 7.43 Å². The fraction of sp³-hybridized carbons (Fsp3) is 1.00. The van der Waals surface area contributed by atoms with Crippen molar-refractivity contribution < 1.29 is 0 Å². The molecule has 0 aliphatic carbocycles. The quantitative estimate of drug-likeness (QED) is 0.288. The summed E-state index contributed by atoms with van der Waals surface area (Å²) in [6, 6.07) is 0. The Labute approximate surface area is 377 Å². The molecule has 0 aromatic rings. The summed E-state index contributed by atoms with van der Waals surface area (Å²) in [7, 11) is 142. The van der Waals surface area contributed by atoms with E-state index >= 15 is 0 Å². The van der Waals surface area contributed by atoms with Gasteiger partial charge in [0.15, 0.2) is 0 Å². The molecule has 0 amide bonds. The number of rotatable bonds is 0. The molecule has 160 valence electrons. The van der Waals surface area contributed by atoms with Gasteiger partial charge >= 0.3 is 0 Å². The Balaban J connectivity index is -0.00000000520. The molecule has 0 atom stereocenters. The highest BCUT2D eigenvalue weighted by molar-refractivity contribution is 5.79. The smallest absolute Gasteiger partial charge is 0.0379 e. The normalized spacial score (nSPS) is 5.85. The average Bonchev–Trinajstić information content (AvgIpc) is 3.67. The van der Waals surface area contributed by atoms with Crippen molar-refractivity contribution in [2.24, 2.45) is 0 Å². The van der Waals surface area contributed by atoms with E-state index in [1.165, 1.54) is 0 Å². The van der Waals surface area contributed by atoms with Crippen LogP contribution in [0.25, 0.3) is 0 Å². The molecule has 0 N–H and O–H groups in total. The van der Waals surface area contributed by atoms with E-state index in [0.717, 1.165) is 0 Å². The maximum Gasteiger partial charge on any atom is 0.0379 e. The molecule has 0 unspecified atom stereocenters. The maximum absolute atomic E-state index is 5.25. The van der Waals surface area contributed by atoms with Crippen LogP contribution in [-0.2, 0) is 0 Å². The largest absolute Gasteiger partial charge is 0.0776 e. The molecule has 38 heteroatoms. The van der Waals surface area contributed by atoms with E-state index in [1.54, 1.807) is 0 Å². The van der Waals surface area contributed by atoms with E-state index < -0.39 is 0 Å². The highest BCUT2D eigenvalue weighted by atomic mass is 12.0. The third kappa shape index (κ3) is 9830. The van der Waals surface area contributed by atoms with Gasteiger partial charge in [0, 0.05) is 318 Å². The van der Waals surface area contributed by atoms with Crippen LogP contribution in [0.2, 0.25) is 0 Å². The van der Waals surface area contributed by atoms with E-state index in [2.05, 4.69) is 318 Å². The second kappa shape index (κ2) is 10400. The van der Waals surface area contributed by atoms with Crippen LogP contribution in [0.3, 0.4) is 0 Å². The van der Waals surface area contributed by atoms with Gasteiger partial charge in [-0.1, -0.05) is 7.43 Å². The Morgan fingerprint density at radius 3 is 0.103 bits per heavy atom. The van der Waals surface area contributed by atoms with E-state index in [4.69, 9.17) is 50.8 Å². The molecule has 0 fully saturated rings. The highest BCUT2D eigenvalue weighted by Crippen LogP contribution is 0.144. The van der Waals surface area contributed by atoms with E-state index in [0.29, 0.717) is 0 Å². The molecular weight excluding hydrogens is 423 g/mol. The summed E-state index contributed by atoms with van der Waals surface area (Å²) in [4.78, 5) is 0. The van der Waals surface area contributed by atoms with Crippen molar-refractivity contribution >= 4 is 318 Å². The van der Waals surface area contributed by atoms with Gasteiger partial charge in [0.1, 0.15) is 0 Å². The minimum absolute atomic E-state index is 0. The Kier molecular flexibility index (Phi) is 11000. The molecule has 76 radical (unpaired) electrons. The molecule has 0 rings (SSSR count). The van der Waals surface area contributed by atoms with Gasteiger partial charge in [-0.05, 0) is 50.8 Å². The molecule has 0 heterocycles. The molecule has 0 spiro atoms. The van der Waals surface area contributed by atoms with Gasteiger partial charge in [-0.2, -0.15) is 0 Å². The van der Waals surface area contributed by atoms with Crippen molar-refractivity contribution in [3.05, 3.63) is 0 Å². The van der Waals surface area contributed by atoms with Crippen LogP contribution in [0, 0.1) is 0 Å². The van der Waals surface area contributed by atoms with Crippen LogP contribution in [-0.4, -0.2) is 369 Å². The molecule has 0 nitrogen and oxygen atoms in total. The lowest BCUT2D eigenvalue weighted by Crippen LogP contribution is -0.382. The van der Waals surface area contributed by atoms with Crippen LogP contribution >= 0.6 is 0 Å². The standard InChI is InChI=1S/CH4.38BH/h1H4;38*1H/i;38*1D. The fourth-order valence-corrected chi connectivity index (χ4v) is 0. The summed E-state index contributed by atoms with van der Waals surface area (Å²) < 4.78 is 200. The average molecular weight is 503 g/mol. The summed E-state index contributed by atoms with van der Waals surface area (Å²) in [6.07, 6.45) is 0. The van der Waals surface area contributed by atoms with Crippen molar-refractivity contribution in [2.75, 3.05) is 0 Å². The number of hydrogen-bond acceptors (Lipinski definition) is 0. The van der Waals surface area contributed by atoms with Crippen molar-refractivity contribution in [3.8, 4) is 0 Å². The zero-order valence-electron chi connectivity index (χ0n) is 59.9. The van der Waals surface area contributed by atoms with Crippen LogP contribution in [0.15, 0.2) is 0 Å². The SMILES string of the molecule is C.[2H][B].[2H][B].[2H][B].[2H][B].[2H][B].[2H][B].[2H][B].[2H][B].[2H][B].[2H][B].[2H][B].[2H][B].[2H][B].[2H][B].[2H][B].[2H][B].[2H][B].[2H][B].[2H][B].[2H][B].[2H][B].[2H][B].[2H][B].[2H][B].[2H][B].[2H][B].[2H][B].[2H][B].[2H][B].[2H][B].[2H][B].[2H][B].[2H][B].[2H][B].[2H][B].[2H][B].[2H][B].[2H][B]. The van der Waals surface area contributed by atoms with Gasteiger partial charge in [-0.15, -0.1) is 0 Å². The Morgan fingerprint density at radius 1 is 0.103 bits per heavy atom. The monoisotopic (exact) mass is 511 g/mol. The molecule has 0 aliphatic rings. The van der Waals surface area contributed by atoms with Crippen molar-refractivity contribution in [2.45, 2.75) is 7.43 Å². The Morgan fingerprint density at radius 2 is 0.103 bits per heavy atom. The second-order valence-corrected chi connectivity index (χ2v) is 0. The maximum atomic E-state index is 5.25. The van der Waals surface area contributed by atoms with Crippen molar-refractivity contribution in [3.63, 3.8) is 0 Å². The molecule has 0 aliphatic heterocycles. The molecule has 0 saturated heterocycles. The lowest BCUT2D eigenvalue weighted by molar-refractivity contribution is 2.50. The third-order valence-electron chi connectivity index (χ3n) is 0. The first-order valence-corrected chi connectivity index (χ1v) is 0. The first-order valence-electron chi connectivity index (χ1n) is 21.9. The van der Waals surface area contributed by atoms with Crippen molar-refractivity contribution in [1.82, 2.24) is 0 Å². The lowest BCUT2D eigenvalue weighted by Gasteiger charge is -0.0778. The van der Waals surface area contributed by atoms with Crippen LogP contribution in [0.1, 0.15) is 7.43 Å². The molecule has 0 aromatic carbocycles. The van der Waals surface area contributed by atoms with Gasteiger partial charge in [-0.25, -0.2) is 0 Å². The van der Waals surface area contributed by atoms with Crippen LogP contribution in [0.5, 0.6) is 0 Å². The summed E-state index contributed by atoms with van der Waals surface area (Å²) in [5.74, 6) is 0. The van der Waals surface area contributed by atoms with E-state index in [1.807, 2.05) is 0 Å². The second-order valence-electron chi connectivity index (χ2n) is 0. The van der Waals surface area contributed by atoms with Gasteiger partial charge in [-0.3, -0.25) is 0 Å². The zero-order valence-corrected chi connectivity index (χ0v) is 21.9. The summed E-state index contributed by atoms with van der Waals surface area (Å²) in [5, 5.41) is 0. The lowest BCUT2D eigenvalue weighted by atomic mass is 10.8. The molecule has 39 heavy (non-hydrogen) atoms. The Bertz CT molecular complexity index is 83.7. The summed E-state index contributed by atoms with van der Waals surface area (Å²) in [6.45, 7) is 0. The van der Waals surface area contributed by atoms with Gasteiger partial charge in [0.25, 0.3) is 0 Å². The van der Waals surface area contributed by atoms with Gasteiger partial charge in [0.2, 0.25) is 0 Å². The van der Waals surface area contributed by atoms with E-state index in [9.17, 15) is 0 Å². The molecule has 0 aromatic heterocycles. The minimum Gasteiger partial charge on any atom is -0.0776 e. The molecular formula is CH42B38. The minimum atomic E-state index is 0. The van der Waals surface area contributed by atoms with Crippen LogP contribution in [0.4, 0.5) is 0 Å².